The molecule has 21 heavy (non-hydrogen) atoms. The molecule has 0 fully saturated rings. The van der Waals surface area contributed by atoms with Crippen LogP contribution in [0, 0.1) is 24.0 Å². The molecule has 0 aliphatic carbocycles. The Hall–Kier alpha value is -2.42. The lowest BCUT2D eigenvalue weighted by molar-refractivity contribution is 0.0954. The van der Waals surface area contributed by atoms with Crippen molar-refractivity contribution in [2.75, 3.05) is 0 Å². The average molecular weight is 294 g/mol. The number of imide groups is 1. The lowest BCUT2D eigenvalue weighted by Crippen LogP contribution is -2.52. The van der Waals surface area contributed by atoms with Crippen molar-refractivity contribution in [1.82, 2.24) is 10.6 Å². The van der Waals surface area contributed by atoms with Gasteiger partial charge in [-0.05, 0) is 25.0 Å². The summed E-state index contributed by atoms with van der Waals surface area (Å²) in [6.07, 6.45) is 6.28. The van der Waals surface area contributed by atoms with Crippen LogP contribution in [0.2, 0.25) is 0 Å². The van der Waals surface area contributed by atoms with Crippen molar-refractivity contribution in [3.8, 4) is 12.3 Å². The number of hydrogen-bond donors (Lipinski definition) is 2. The summed E-state index contributed by atoms with van der Waals surface area (Å²) >= 11 is 0. The van der Waals surface area contributed by atoms with Crippen LogP contribution in [0.5, 0.6) is 0 Å². The van der Waals surface area contributed by atoms with Crippen LogP contribution in [-0.2, 0) is 0 Å². The SMILES string of the molecule is C#CC(CC)(CC)NC(=O)NC(=O)c1c(F)cccc1F. The monoisotopic (exact) mass is 294 g/mol. The molecule has 112 valence electrons. The summed E-state index contributed by atoms with van der Waals surface area (Å²) in [6.45, 7) is 3.56. The van der Waals surface area contributed by atoms with E-state index in [1.807, 2.05) is 5.32 Å². The normalized spacial score (nSPS) is 10.6. The second-order valence-electron chi connectivity index (χ2n) is 4.44. The van der Waals surface area contributed by atoms with Gasteiger partial charge in [0, 0.05) is 0 Å². The molecule has 0 radical (unpaired) electrons. The predicted molar refractivity (Wildman–Crippen MR) is 74.5 cm³/mol. The molecule has 1 aromatic carbocycles. The van der Waals surface area contributed by atoms with Crippen LogP contribution in [0.3, 0.4) is 0 Å². The van der Waals surface area contributed by atoms with Crippen LogP contribution >= 0.6 is 0 Å². The number of amides is 3. The molecule has 2 N–H and O–H groups in total. The van der Waals surface area contributed by atoms with Gasteiger partial charge in [0.2, 0.25) is 0 Å². The molecular weight excluding hydrogens is 278 g/mol. The third-order valence-corrected chi connectivity index (χ3v) is 3.25. The summed E-state index contributed by atoms with van der Waals surface area (Å²) in [5, 5.41) is 4.34. The Balaban J connectivity index is 2.85. The van der Waals surface area contributed by atoms with Crippen LogP contribution in [0.4, 0.5) is 13.6 Å². The maximum atomic E-state index is 13.4. The molecule has 3 amide bonds. The van der Waals surface area contributed by atoms with Crippen molar-refractivity contribution in [2.45, 2.75) is 32.2 Å². The minimum atomic E-state index is -1.17. The van der Waals surface area contributed by atoms with Crippen molar-refractivity contribution in [2.24, 2.45) is 0 Å². The number of hydrogen-bond acceptors (Lipinski definition) is 2. The van der Waals surface area contributed by atoms with Gasteiger partial charge in [-0.2, -0.15) is 0 Å². The number of carbonyl (C=O) groups excluding carboxylic acids is 2. The molecule has 4 nitrogen and oxygen atoms in total. The van der Waals surface area contributed by atoms with Gasteiger partial charge >= 0.3 is 6.03 Å². The Labute approximate surface area is 121 Å². The Kier molecular flexibility index (Phi) is 5.42. The minimum absolute atomic E-state index is 0.454. The highest BCUT2D eigenvalue weighted by atomic mass is 19.1. The topological polar surface area (TPSA) is 58.2 Å². The molecule has 0 spiro atoms. The molecular formula is C15H16F2N2O2. The standard InChI is InChI=1S/C15H16F2N2O2/c1-4-15(5-2,6-3)19-14(21)18-13(20)12-10(16)8-7-9-11(12)17/h1,7-9H,5-6H2,2-3H3,(H2,18,19,20,21). The van der Waals surface area contributed by atoms with Crippen LogP contribution < -0.4 is 10.6 Å². The number of halogens is 2. The fourth-order valence-corrected chi connectivity index (χ4v) is 1.80. The smallest absolute Gasteiger partial charge is 0.321 e. The fourth-order valence-electron chi connectivity index (χ4n) is 1.80. The van der Waals surface area contributed by atoms with Crippen molar-refractivity contribution >= 4 is 11.9 Å². The second-order valence-corrected chi connectivity index (χ2v) is 4.44. The number of benzene rings is 1. The summed E-state index contributed by atoms with van der Waals surface area (Å²) in [6, 6.07) is 2.09. The van der Waals surface area contributed by atoms with E-state index in [2.05, 4.69) is 11.2 Å². The van der Waals surface area contributed by atoms with E-state index in [4.69, 9.17) is 6.42 Å². The molecule has 0 heterocycles. The van der Waals surface area contributed by atoms with Gasteiger partial charge in [-0.25, -0.2) is 13.6 Å². The summed E-state index contributed by atoms with van der Waals surface area (Å²) in [5.74, 6) is -0.809. The maximum Gasteiger partial charge on any atom is 0.322 e. The average Bonchev–Trinajstić information content (AvgIpc) is 2.44. The van der Waals surface area contributed by atoms with Gasteiger partial charge in [0.15, 0.2) is 0 Å². The lowest BCUT2D eigenvalue weighted by atomic mass is 9.94. The van der Waals surface area contributed by atoms with E-state index in [9.17, 15) is 18.4 Å². The van der Waals surface area contributed by atoms with Gasteiger partial charge in [-0.1, -0.05) is 25.8 Å². The zero-order valence-corrected chi connectivity index (χ0v) is 11.8. The Morgan fingerprint density at radius 1 is 1.24 bits per heavy atom. The van der Waals surface area contributed by atoms with Gasteiger partial charge in [0.25, 0.3) is 5.91 Å². The molecule has 0 aliphatic rings. The van der Waals surface area contributed by atoms with E-state index in [1.54, 1.807) is 13.8 Å². The predicted octanol–water partition coefficient (Wildman–Crippen LogP) is 2.60. The third kappa shape index (κ3) is 3.78. The first kappa shape index (κ1) is 16.6. The van der Waals surface area contributed by atoms with E-state index in [-0.39, 0.29) is 0 Å². The Morgan fingerprint density at radius 3 is 2.19 bits per heavy atom. The van der Waals surface area contributed by atoms with Crippen molar-refractivity contribution in [1.29, 1.82) is 0 Å². The lowest BCUT2D eigenvalue weighted by Gasteiger charge is -2.26. The Morgan fingerprint density at radius 2 is 1.76 bits per heavy atom. The highest BCUT2D eigenvalue weighted by Crippen LogP contribution is 2.14. The molecule has 0 aliphatic heterocycles. The van der Waals surface area contributed by atoms with Crippen molar-refractivity contribution in [3.05, 3.63) is 35.4 Å². The second kappa shape index (κ2) is 6.84. The van der Waals surface area contributed by atoms with Crippen LogP contribution in [-0.4, -0.2) is 17.5 Å². The highest BCUT2D eigenvalue weighted by molar-refractivity contribution is 6.04. The molecule has 0 saturated carbocycles. The van der Waals surface area contributed by atoms with Gasteiger partial charge in [0.05, 0.1) is 0 Å². The highest BCUT2D eigenvalue weighted by Gasteiger charge is 2.27. The van der Waals surface area contributed by atoms with Crippen molar-refractivity contribution < 1.29 is 18.4 Å². The molecule has 1 rings (SSSR count). The van der Waals surface area contributed by atoms with E-state index < -0.39 is 34.7 Å². The molecule has 0 atom stereocenters. The molecule has 0 aromatic heterocycles. The number of urea groups is 1. The van der Waals surface area contributed by atoms with E-state index in [0.717, 1.165) is 18.2 Å². The van der Waals surface area contributed by atoms with Gasteiger partial charge in [-0.15, -0.1) is 6.42 Å². The first-order valence-corrected chi connectivity index (χ1v) is 6.44. The van der Waals surface area contributed by atoms with Gasteiger partial charge in [0.1, 0.15) is 22.7 Å². The first-order valence-electron chi connectivity index (χ1n) is 6.44. The largest absolute Gasteiger partial charge is 0.322 e. The van der Waals surface area contributed by atoms with E-state index >= 15 is 0 Å². The van der Waals surface area contributed by atoms with Gasteiger partial charge < -0.3 is 5.32 Å². The third-order valence-electron chi connectivity index (χ3n) is 3.25. The minimum Gasteiger partial charge on any atom is -0.321 e. The Bertz CT molecular complexity index is 570. The fraction of sp³-hybridized carbons (Fsp3) is 0.333. The van der Waals surface area contributed by atoms with Gasteiger partial charge in [-0.3, -0.25) is 10.1 Å². The number of terminal acetylenes is 1. The number of carbonyl (C=O) groups is 2. The zero-order valence-electron chi connectivity index (χ0n) is 11.8. The summed E-state index contributed by atoms with van der Waals surface area (Å²) in [5.41, 5.74) is -1.72. The molecule has 0 unspecified atom stereocenters. The summed E-state index contributed by atoms with van der Waals surface area (Å²) < 4.78 is 26.8. The number of nitrogens with one attached hydrogen (secondary N) is 2. The summed E-state index contributed by atoms with van der Waals surface area (Å²) in [4.78, 5) is 23.5. The van der Waals surface area contributed by atoms with E-state index in [1.165, 1.54) is 0 Å². The molecule has 0 saturated heterocycles. The molecule has 0 bridgehead atoms. The molecule has 6 heteroatoms. The van der Waals surface area contributed by atoms with Crippen LogP contribution in [0.1, 0.15) is 37.0 Å². The first-order chi connectivity index (χ1) is 9.89. The maximum absolute atomic E-state index is 13.4. The zero-order chi connectivity index (χ0) is 16.0. The van der Waals surface area contributed by atoms with Crippen LogP contribution in [0.25, 0.3) is 0 Å². The van der Waals surface area contributed by atoms with Crippen LogP contribution in [0.15, 0.2) is 18.2 Å². The summed E-state index contributed by atoms with van der Waals surface area (Å²) in [7, 11) is 0. The van der Waals surface area contributed by atoms with Crippen molar-refractivity contribution in [3.63, 3.8) is 0 Å². The quantitative estimate of drug-likeness (QED) is 0.839. The van der Waals surface area contributed by atoms with E-state index in [0.29, 0.717) is 12.8 Å². The number of rotatable bonds is 4. The molecule has 1 aromatic rings.